The van der Waals surface area contributed by atoms with Crippen molar-refractivity contribution in [3.63, 3.8) is 0 Å². The molecule has 0 aliphatic heterocycles. The first kappa shape index (κ1) is 11.9. The lowest BCUT2D eigenvalue weighted by atomic mass is 9.86. The largest absolute Gasteiger partial charge is 0.392 e. The molecule has 0 unspecified atom stereocenters. The quantitative estimate of drug-likeness (QED) is 0.791. The minimum Gasteiger partial charge on any atom is -0.392 e. The molecule has 0 saturated carbocycles. The van der Waals surface area contributed by atoms with Gasteiger partial charge in [0.15, 0.2) is 0 Å². The number of aromatic nitrogens is 1. The molecule has 0 spiro atoms. The van der Waals surface area contributed by atoms with Crippen molar-refractivity contribution >= 4 is 16.7 Å². The molecule has 0 aliphatic carbocycles. The van der Waals surface area contributed by atoms with Crippen LogP contribution in [0.2, 0.25) is 0 Å². The van der Waals surface area contributed by atoms with Crippen molar-refractivity contribution in [1.29, 1.82) is 0 Å². The molecule has 0 amide bonds. The summed E-state index contributed by atoms with van der Waals surface area (Å²) in [6, 6.07) is 8.08. The van der Waals surface area contributed by atoms with Crippen LogP contribution in [0, 0.1) is 0 Å². The van der Waals surface area contributed by atoms with Crippen molar-refractivity contribution in [1.82, 2.24) is 4.98 Å². The van der Waals surface area contributed by atoms with Gasteiger partial charge in [-0.25, -0.2) is 4.98 Å². The van der Waals surface area contributed by atoms with E-state index in [-0.39, 0.29) is 12.0 Å². The molecule has 3 N–H and O–H groups in total. The standard InChI is InChI=1S/C14H18N2O/c1-14(2,3)11-5-4-9-6-10(8-17)13(15)16-12(9)7-11/h4-7,17H,8H2,1-3H3,(H2,15,16). The SMILES string of the molecule is CC(C)(C)c1ccc2cc(CO)c(N)nc2c1. The number of benzene rings is 1. The van der Waals surface area contributed by atoms with E-state index in [0.717, 1.165) is 10.9 Å². The Morgan fingerprint density at radius 1 is 1.24 bits per heavy atom. The summed E-state index contributed by atoms with van der Waals surface area (Å²) in [5.41, 5.74) is 8.68. The average Bonchev–Trinajstić information content (AvgIpc) is 2.26. The first-order valence-corrected chi connectivity index (χ1v) is 5.72. The topological polar surface area (TPSA) is 59.1 Å². The van der Waals surface area contributed by atoms with Crippen LogP contribution in [0.15, 0.2) is 24.3 Å². The van der Waals surface area contributed by atoms with Gasteiger partial charge in [0.1, 0.15) is 5.82 Å². The van der Waals surface area contributed by atoms with Crippen molar-refractivity contribution < 1.29 is 5.11 Å². The number of hydrogen-bond acceptors (Lipinski definition) is 3. The van der Waals surface area contributed by atoms with E-state index in [2.05, 4.69) is 37.9 Å². The Hall–Kier alpha value is -1.61. The van der Waals surface area contributed by atoms with Crippen LogP contribution >= 0.6 is 0 Å². The molecule has 1 aromatic carbocycles. The molecule has 17 heavy (non-hydrogen) atoms. The lowest BCUT2D eigenvalue weighted by Gasteiger charge is -2.19. The summed E-state index contributed by atoms with van der Waals surface area (Å²) < 4.78 is 0. The molecule has 0 radical (unpaired) electrons. The number of nitrogens with two attached hydrogens (primary N) is 1. The molecular weight excluding hydrogens is 212 g/mol. The van der Waals surface area contributed by atoms with Gasteiger partial charge < -0.3 is 10.8 Å². The molecule has 0 aliphatic rings. The second-order valence-electron chi connectivity index (χ2n) is 5.35. The average molecular weight is 230 g/mol. The Balaban J connectivity index is 2.63. The third kappa shape index (κ3) is 2.24. The number of aliphatic hydroxyl groups excluding tert-OH is 1. The predicted molar refractivity (Wildman–Crippen MR) is 70.8 cm³/mol. The van der Waals surface area contributed by atoms with Gasteiger partial charge in [-0.05, 0) is 23.1 Å². The van der Waals surface area contributed by atoms with E-state index < -0.39 is 0 Å². The first-order chi connectivity index (χ1) is 7.91. The maximum Gasteiger partial charge on any atom is 0.129 e. The number of pyridine rings is 1. The molecule has 2 rings (SSSR count). The first-order valence-electron chi connectivity index (χ1n) is 5.72. The summed E-state index contributed by atoms with van der Waals surface area (Å²) in [7, 11) is 0. The van der Waals surface area contributed by atoms with E-state index in [1.807, 2.05) is 12.1 Å². The van der Waals surface area contributed by atoms with Gasteiger partial charge >= 0.3 is 0 Å². The van der Waals surface area contributed by atoms with Gasteiger partial charge in [-0.2, -0.15) is 0 Å². The van der Waals surface area contributed by atoms with Gasteiger partial charge in [0, 0.05) is 10.9 Å². The monoisotopic (exact) mass is 230 g/mol. The highest BCUT2D eigenvalue weighted by Crippen LogP contribution is 2.26. The van der Waals surface area contributed by atoms with E-state index in [9.17, 15) is 0 Å². The Morgan fingerprint density at radius 2 is 1.94 bits per heavy atom. The van der Waals surface area contributed by atoms with Crippen LogP contribution in [0.25, 0.3) is 10.9 Å². The zero-order valence-electron chi connectivity index (χ0n) is 10.5. The smallest absolute Gasteiger partial charge is 0.129 e. The van der Waals surface area contributed by atoms with Crippen LogP contribution in [0.4, 0.5) is 5.82 Å². The van der Waals surface area contributed by atoms with Gasteiger partial charge in [0.05, 0.1) is 12.1 Å². The lowest BCUT2D eigenvalue weighted by molar-refractivity contribution is 0.282. The predicted octanol–water partition coefficient (Wildman–Crippen LogP) is 2.61. The number of fused-ring (bicyclic) bond motifs is 1. The van der Waals surface area contributed by atoms with E-state index >= 15 is 0 Å². The minimum absolute atomic E-state index is 0.0736. The Labute approximate surface area is 101 Å². The zero-order valence-corrected chi connectivity index (χ0v) is 10.5. The molecule has 2 aromatic rings. The number of anilines is 1. The number of hydrogen-bond donors (Lipinski definition) is 2. The van der Waals surface area contributed by atoms with Gasteiger partial charge in [0.2, 0.25) is 0 Å². The van der Waals surface area contributed by atoms with Crippen molar-refractivity contribution in [3.8, 4) is 0 Å². The van der Waals surface area contributed by atoms with E-state index in [1.54, 1.807) is 0 Å². The molecule has 1 aromatic heterocycles. The van der Waals surface area contributed by atoms with Crippen molar-refractivity contribution in [2.24, 2.45) is 0 Å². The highest BCUT2D eigenvalue weighted by atomic mass is 16.3. The Kier molecular flexibility index (Phi) is 2.79. The van der Waals surface area contributed by atoms with Gasteiger partial charge in [0.25, 0.3) is 0 Å². The summed E-state index contributed by atoms with van der Waals surface area (Å²) in [6.45, 7) is 6.43. The van der Waals surface area contributed by atoms with E-state index in [0.29, 0.717) is 11.4 Å². The second-order valence-corrected chi connectivity index (χ2v) is 5.35. The molecule has 0 fully saturated rings. The fourth-order valence-electron chi connectivity index (χ4n) is 1.82. The van der Waals surface area contributed by atoms with Crippen molar-refractivity contribution in [2.45, 2.75) is 32.8 Å². The fourth-order valence-corrected chi connectivity index (χ4v) is 1.82. The summed E-state index contributed by atoms with van der Waals surface area (Å²) in [4.78, 5) is 4.34. The maximum absolute atomic E-state index is 9.14. The van der Waals surface area contributed by atoms with Gasteiger partial charge in [-0.1, -0.05) is 32.9 Å². The van der Waals surface area contributed by atoms with Crippen molar-refractivity contribution in [2.75, 3.05) is 5.73 Å². The molecule has 90 valence electrons. The van der Waals surface area contributed by atoms with E-state index in [4.69, 9.17) is 10.8 Å². The van der Waals surface area contributed by atoms with Crippen LogP contribution in [-0.4, -0.2) is 10.1 Å². The Bertz CT molecular complexity index is 556. The molecule has 1 heterocycles. The second kappa shape index (κ2) is 4.00. The van der Waals surface area contributed by atoms with Crippen molar-refractivity contribution in [3.05, 3.63) is 35.4 Å². The van der Waals surface area contributed by atoms with Crippen LogP contribution < -0.4 is 5.73 Å². The molecule has 0 saturated heterocycles. The van der Waals surface area contributed by atoms with Gasteiger partial charge in [-0.3, -0.25) is 0 Å². The maximum atomic E-state index is 9.14. The van der Waals surface area contributed by atoms with Crippen LogP contribution in [-0.2, 0) is 12.0 Å². The van der Waals surface area contributed by atoms with Crippen LogP contribution in [0.3, 0.4) is 0 Å². The summed E-state index contributed by atoms with van der Waals surface area (Å²) in [5, 5.41) is 10.2. The zero-order chi connectivity index (χ0) is 12.6. The third-order valence-electron chi connectivity index (χ3n) is 2.97. The Morgan fingerprint density at radius 3 is 2.53 bits per heavy atom. The van der Waals surface area contributed by atoms with Crippen LogP contribution in [0.5, 0.6) is 0 Å². The summed E-state index contributed by atoms with van der Waals surface area (Å²) >= 11 is 0. The molecule has 0 atom stereocenters. The fraction of sp³-hybridized carbons (Fsp3) is 0.357. The third-order valence-corrected chi connectivity index (χ3v) is 2.97. The number of aliphatic hydroxyl groups is 1. The highest BCUT2D eigenvalue weighted by Gasteiger charge is 2.14. The van der Waals surface area contributed by atoms with E-state index in [1.165, 1.54) is 5.56 Å². The number of rotatable bonds is 1. The summed E-state index contributed by atoms with van der Waals surface area (Å²) in [6.07, 6.45) is 0. The number of nitrogen functional groups attached to an aromatic ring is 1. The normalized spacial score (nSPS) is 12.0. The van der Waals surface area contributed by atoms with Crippen LogP contribution in [0.1, 0.15) is 31.9 Å². The number of nitrogens with zero attached hydrogens (tertiary/aromatic N) is 1. The highest BCUT2D eigenvalue weighted by molar-refractivity contribution is 5.82. The van der Waals surface area contributed by atoms with Gasteiger partial charge in [-0.15, -0.1) is 0 Å². The summed E-state index contributed by atoms with van der Waals surface area (Å²) in [5.74, 6) is 0.408. The molecular formula is C14H18N2O. The lowest BCUT2D eigenvalue weighted by Crippen LogP contribution is -2.11. The molecule has 3 nitrogen and oxygen atoms in total. The molecule has 3 heteroatoms. The molecule has 0 bridgehead atoms. The minimum atomic E-state index is -0.0736.